The lowest BCUT2D eigenvalue weighted by Gasteiger charge is -2.25. The van der Waals surface area contributed by atoms with Crippen LogP contribution in [0.15, 0.2) is 24.3 Å². The van der Waals surface area contributed by atoms with Crippen LogP contribution in [0.3, 0.4) is 0 Å². The molecule has 0 aliphatic heterocycles. The maximum Gasteiger partial charge on any atom is 0.236 e. The van der Waals surface area contributed by atoms with E-state index in [9.17, 15) is 5.11 Å². The van der Waals surface area contributed by atoms with Crippen LogP contribution >= 0.6 is 0 Å². The van der Waals surface area contributed by atoms with Crippen molar-refractivity contribution < 1.29 is 5.11 Å². The third-order valence-electron chi connectivity index (χ3n) is 11.2. The van der Waals surface area contributed by atoms with Crippen molar-refractivity contribution in [1.82, 2.24) is 15.0 Å². The van der Waals surface area contributed by atoms with E-state index in [0.29, 0.717) is 17.8 Å². The SMILES string of the molecule is CCCCCCCCCCCCCCCCCCN(C)c1nc(NC)nc(N(CCCCCCCCCCCCCCCCCC)c2ccc(O)cc2)n1. The highest BCUT2D eigenvalue weighted by Gasteiger charge is 2.17. The summed E-state index contributed by atoms with van der Waals surface area (Å²) in [6, 6.07) is 7.43. The van der Waals surface area contributed by atoms with Crippen LogP contribution in [0.5, 0.6) is 5.75 Å². The molecular formula is C47H86N6O. The standard InChI is InChI=1S/C47H86N6O/c1-5-7-9-11-13-15-17-19-21-23-25-27-29-31-33-35-41-52(4)46-49-45(48-3)50-47(51-46)53(43-37-39-44(54)40-38-43)42-36-34-32-30-28-26-24-22-20-18-16-14-12-10-8-6-2/h37-40,54H,5-36,41-42H2,1-4H3,(H,48,49,50,51). The van der Waals surface area contributed by atoms with Gasteiger partial charge in [-0.3, -0.25) is 0 Å². The summed E-state index contributed by atoms with van der Waals surface area (Å²) in [6.45, 7) is 6.35. The molecular weight excluding hydrogens is 665 g/mol. The summed E-state index contributed by atoms with van der Waals surface area (Å²) >= 11 is 0. The number of aromatic nitrogens is 3. The molecule has 0 unspecified atom stereocenters. The van der Waals surface area contributed by atoms with Gasteiger partial charge in [0.05, 0.1) is 0 Å². The lowest BCUT2D eigenvalue weighted by Crippen LogP contribution is -2.26. The van der Waals surface area contributed by atoms with E-state index in [2.05, 4.69) is 36.0 Å². The second-order valence-electron chi connectivity index (χ2n) is 16.2. The van der Waals surface area contributed by atoms with Gasteiger partial charge < -0.3 is 20.2 Å². The van der Waals surface area contributed by atoms with Gasteiger partial charge in [0.15, 0.2) is 0 Å². The van der Waals surface area contributed by atoms with Crippen molar-refractivity contribution in [3.8, 4) is 5.75 Å². The third-order valence-corrected chi connectivity index (χ3v) is 11.2. The molecule has 1 aromatic heterocycles. The summed E-state index contributed by atoms with van der Waals surface area (Å²) in [5.74, 6) is 2.23. The van der Waals surface area contributed by atoms with Gasteiger partial charge in [0.2, 0.25) is 17.8 Å². The minimum Gasteiger partial charge on any atom is -0.508 e. The van der Waals surface area contributed by atoms with E-state index in [-0.39, 0.29) is 5.75 Å². The van der Waals surface area contributed by atoms with Gasteiger partial charge in [0, 0.05) is 32.9 Å². The molecule has 1 aromatic carbocycles. The van der Waals surface area contributed by atoms with Gasteiger partial charge in [0.1, 0.15) is 5.75 Å². The van der Waals surface area contributed by atoms with Crippen molar-refractivity contribution >= 4 is 23.5 Å². The first-order valence-corrected chi connectivity index (χ1v) is 23.3. The van der Waals surface area contributed by atoms with Crippen molar-refractivity contribution in [2.45, 2.75) is 219 Å². The highest BCUT2D eigenvalue weighted by molar-refractivity contribution is 5.60. The third kappa shape index (κ3) is 24.1. The molecule has 0 radical (unpaired) electrons. The van der Waals surface area contributed by atoms with Crippen LogP contribution < -0.4 is 15.1 Å². The fourth-order valence-corrected chi connectivity index (χ4v) is 7.55. The fraction of sp³-hybridized carbons (Fsp3) is 0.809. The van der Waals surface area contributed by atoms with Crippen molar-refractivity contribution in [2.24, 2.45) is 0 Å². The van der Waals surface area contributed by atoms with E-state index >= 15 is 0 Å². The Kier molecular flexibility index (Phi) is 29.7. The zero-order valence-corrected chi connectivity index (χ0v) is 36.0. The molecule has 7 nitrogen and oxygen atoms in total. The maximum absolute atomic E-state index is 9.99. The normalized spacial score (nSPS) is 11.3. The lowest BCUT2D eigenvalue weighted by atomic mass is 10.0. The van der Waals surface area contributed by atoms with Gasteiger partial charge >= 0.3 is 0 Å². The Morgan fingerprint density at radius 2 is 0.778 bits per heavy atom. The van der Waals surface area contributed by atoms with Gasteiger partial charge in [-0.15, -0.1) is 0 Å². The summed E-state index contributed by atoms with van der Waals surface area (Å²) in [5, 5.41) is 13.2. The van der Waals surface area contributed by atoms with Crippen molar-refractivity contribution in [1.29, 1.82) is 0 Å². The number of nitrogens with zero attached hydrogens (tertiary/aromatic N) is 5. The van der Waals surface area contributed by atoms with Gasteiger partial charge in [-0.2, -0.15) is 15.0 Å². The number of phenols is 1. The van der Waals surface area contributed by atoms with Crippen molar-refractivity contribution in [3.05, 3.63) is 24.3 Å². The Morgan fingerprint density at radius 3 is 1.15 bits per heavy atom. The van der Waals surface area contributed by atoms with E-state index in [1.807, 2.05) is 19.2 Å². The van der Waals surface area contributed by atoms with Gasteiger partial charge in [-0.25, -0.2) is 0 Å². The molecule has 54 heavy (non-hydrogen) atoms. The molecule has 7 heteroatoms. The zero-order chi connectivity index (χ0) is 38.7. The predicted molar refractivity (Wildman–Crippen MR) is 237 cm³/mol. The van der Waals surface area contributed by atoms with Crippen LogP contribution in [0.1, 0.15) is 219 Å². The molecule has 0 saturated carbocycles. The predicted octanol–water partition coefficient (Wildman–Crippen LogP) is 14.7. The summed E-state index contributed by atoms with van der Waals surface area (Å²) < 4.78 is 0. The van der Waals surface area contributed by atoms with E-state index in [1.54, 1.807) is 12.1 Å². The number of phenolic OH excluding ortho intramolecular Hbond substituents is 1. The summed E-state index contributed by atoms with van der Waals surface area (Å²) in [4.78, 5) is 18.9. The fourth-order valence-electron chi connectivity index (χ4n) is 7.55. The Bertz CT molecular complexity index is 1110. The van der Waals surface area contributed by atoms with Crippen molar-refractivity contribution in [3.63, 3.8) is 0 Å². The summed E-state index contributed by atoms with van der Waals surface area (Å²) in [6.07, 6.45) is 43.8. The number of hydrogen-bond acceptors (Lipinski definition) is 7. The van der Waals surface area contributed by atoms with E-state index < -0.39 is 0 Å². The smallest absolute Gasteiger partial charge is 0.236 e. The molecule has 0 bridgehead atoms. The molecule has 0 atom stereocenters. The maximum atomic E-state index is 9.99. The average molecular weight is 751 g/mol. The molecule has 0 saturated heterocycles. The first-order valence-electron chi connectivity index (χ1n) is 23.3. The minimum absolute atomic E-state index is 0.270. The van der Waals surface area contributed by atoms with E-state index in [4.69, 9.17) is 15.0 Å². The molecule has 310 valence electrons. The van der Waals surface area contributed by atoms with Crippen LogP contribution in [0, 0.1) is 0 Å². The summed E-state index contributed by atoms with van der Waals surface area (Å²) in [7, 11) is 3.98. The molecule has 2 N–H and O–H groups in total. The number of benzene rings is 1. The number of aromatic hydroxyl groups is 1. The number of nitrogens with one attached hydrogen (secondary N) is 1. The lowest BCUT2D eigenvalue weighted by molar-refractivity contribution is 0.475. The minimum atomic E-state index is 0.270. The largest absolute Gasteiger partial charge is 0.508 e. The molecule has 0 fully saturated rings. The van der Waals surface area contributed by atoms with Crippen molar-refractivity contribution in [2.75, 3.05) is 42.3 Å². The highest BCUT2D eigenvalue weighted by atomic mass is 16.3. The Hall–Kier alpha value is -2.57. The zero-order valence-electron chi connectivity index (χ0n) is 36.0. The first-order chi connectivity index (χ1) is 26.6. The van der Waals surface area contributed by atoms with Gasteiger partial charge in [0.25, 0.3) is 0 Å². The van der Waals surface area contributed by atoms with Crippen LogP contribution in [-0.4, -0.2) is 47.2 Å². The molecule has 0 amide bonds. The molecule has 0 spiro atoms. The Balaban J connectivity index is 1.69. The monoisotopic (exact) mass is 751 g/mol. The molecule has 2 rings (SSSR count). The van der Waals surface area contributed by atoms with Crippen LogP contribution in [0.25, 0.3) is 0 Å². The van der Waals surface area contributed by atoms with Crippen LogP contribution in [0.2, 0.25) is 0 Å². The quantitative estimate of drug-likeness (QED) is 0.0662. The Labute approximate surface area is 334 Å². The molecule has 2 aromatic rings. The second kappa shape index (κ2) is 33.7. The number of unbranched alkanes of at least 4 members (excludes halogenated alkanes) is 30. The van der Waals surface area contributed by atoms with Gasteiger partial charge in [-0.1, -0.05) is 206 Å². The number of hydrogen-bond donors (Lipinski definition) is 2. The molecule has 1 heterocycles. The Morgan fingerprint density at radius 1 is 0.444 bits per heavy atom. The van der Waals surface area contributed by atoms with E-state index in [1.165, 1.54) is 193 Å². The van der Waals surface area contributed by atoms with E-state index in [0.717, 1.165) is 31.6 Å². The van der Waals surface area contributed by atoms with Crippen LogP contribution in [0.4, 0.5) is 23.5 Å². The van der Waals surface area contributed by atoms with Crippen LogP contribution in [-0.2, 0) is 0 Å². The molecule has 0 aliphatic carbocycles. The topological polar surface area (TPSA) is 77.4 Å². The number of anilines is 4. The first kappa shape index (κ1) is 47.6. The number of rotatable bonds is 38. The second-order valence-corrected chi connectivity index (χ2v) is 16.2. The highest BCUT2D eigenvalue weighted by Crippen LogP contribution is 2.27. The molecule has 0 aliphatic rings. The van der Waals surface area contributed by atoms with Gasteiger partial charge in [-0.05, 0) is 37.1 Å². The summed E-state index contributed by atoms with van der Waals surface area (Å²) in [5.41, 5.74) is 0.994. The average Bonchev–Trinajstić information content (AvgIpc) is 3.19.